The van der Waals surface area contributed by atoms with E-state index in [9.17, 15) is 0 Å². The van der Waals surface area contributed by atoms with Crippen LogP contribution in [0.2, 0.25) is 0 Å². The molecule has 3 N–H and O–H groups in total. The minimum absolute atomic E-state index is 0.292. The zero-order valence-corrected chi connectivity index (χ0v) is 28.5. The lowest BCUT2D eigenvalue weighted by molar-refractivity contribution is -0.0324. The summed E-state index contributed by atoms with van der Waals surface area (Å²) < 4.78 is 8.15. The topological polar surface area (TPSA) is 104 Å². The largest absolute Gasteiger partial charge is 0.457 e. The molecule has 5 aliphatic rings. The van der Waals surface area contributed by atoms with E-state index in [0.29, 0.717) is 17.9 Å². The summed E-state index contributed by atoms with van der Waals surface area (Å²) in [5.74, 6) is 2.07. The number of piperidine rings is 3. The third-order valence-electron chi connectivity index (χ3n) is 12.2. The Morgan fingerprint density at radius 2 is 1.18 bits per heavy atom. The second-order valence-electron chi connectivity index (χ2n) is 14.9. The van der Waals surface area contributed by atoms with Crippen LogP contribution in [0.1, 0.15) is 44.6 Å². The van der Waals surface area contributed by atoms with Crippen molar-refractivity contribution in [2.75, 3.05) is 71.2 Å². The van der Waals surface area contributed by atoms with Crippen molar-refractivity contribution in [2.45, 2.75) is 68.7 Å². The Balaban J connectivity index is 0.779. The molecule has 5 fully saturated rings. The first-order chi connectivity index (χ1) is 24.2. The van der Waals surface area contributed by atoms with Crippen LogP contribution in [0, 0.1) is 0 Å². The molecule has 0 atom stereocenters. The predicted molar refractivity (Wildman–Crippen MR) is 193 cm³/mol. The first kappa shape index (κ1) is 31.4. The number of nitrogens with two attached hydrogens (primary N) is 1. The fraction of sp³-hybridized carbons (Fsp3) is 0.553. The zero-order valence-electron chi connectivity index (χ0n) is 28.5. The van der Waals surface area contributed by atoms with E-state index >= 15 is 0 Å². The van der Waals surface area contributed by atoms with E-state index in [1.54, 1.807) is 6.33 Å². The van der Waals surface area contributed by atoms with Crippen molar-refractivity contribution in [1.82, 2.24) is 44.7 Å². The Bertz CT molecular complexity index is 1700. The molecule has 0 spiro atoms. The highest BCUT2D eigenvalue weighted by molar-refractivity contribution is 5.98. The number of rotatable bonds is 8. The number of benzene rings is 2. The Labute approximate surface area is 289 Å². The second kappa shape index (κ2) is 13.6. The van der Waals surface area contributed by atoms with Gasteiger partial charge in [0.15, 0.2) is 5.65 Å². The number of nitrogens with one attached hydrogen (secondary N) is 1. The Morgan fingerprint density at radius 3 is 1.82 bits per heavy atom. The van der Waals surface area contributed by atoms with E-state index in [1.807, 2.05) is 54.6 Å². The van der Waals surface area contributed by atoms with Gasteiger partial charge in [-0.3, -0.25) is 14.7 Å². The van der Waals surface area contributed by atoms with Crippen LogP contribution in [0.25, 0.3) is 22.3 Å². The summed E-state index contributed by atoms with van der Waals surface area (Å²) in [4.78, 5) is 20.1. The molecule has 0 unspecified atom stereocenters. The predicted octanol–water partition coefficient (Wildman–Crippen LogP) is 4.09. The molecule has 7 heterocycles. The van der Waals surface area contributed by atoms with Gasteiger partial charge in [0.2, 0.25) is 0 Å². The molecular formula is C38H50N10O. The molecule has 0 bridgehead atoms. The molecule has 2 aromatic carbocycles. The van der Waals surface area contributed by atoms with Gasteiger partial charge in [0.05, 0.1) is 11.4 Å². The van der Waals surface area contributed by atoms with Crippen molar-refractivity contribution in [1.29, 1.82) is 0 Å². The molecule has 0 saturated carbocycles. The molecule has 0 amide bonds. The van der Waals surface area contributed by atoms with Crippen LogP contribution in [0.15, 0.2) is 60.9 Å². The van der Waals surface area contributed by atoms with Crippen molar-refractivity contribution in [3.05, 3.63) is 60.9 Å². The van der Waals surface area contributed by atoms with E-state index in [1.165, 1.54) is 78.0 Å². The van der Waals surface area contributed by atoms with Crippen molar-refractivity contribution in [3.8, 4) is 22.8 Å². The molecule has 11 heteroatoms. The van der Waals surface area contributed by atoms with Crippen LogP contribution in [0.3, 0.4) is 0 Å². The summed E-state index contributed by atoms with van der Waals surface area (Å²) in [5.41, 5.74) is 9.09. The Hall–Kier alpha value is -3.61. The molecular weight excluding hydrogens is 612 g/mol. The molecule has 9 rings (SSSR count). The highest BCUT2D eigenvalue weighted by Crippen LogP contribution is 2.36. The van der Waals surface area contributed by atoms with Gasteiger partial charge in [0.1, 0.15) is 29.3 Å². The molecule has 0 aliphatic carbocycles. The van der Waals surface area contributed by atoms with E-state index in [2.05, 4.69) is 39.6 Å². The number of anilines is 1. The highest BCUT2D eigenvalue weighted by Gasteiger charge is 2.40. The van der Waals surface area contributed by atoms with Gasteiger partial charge in [0, 0.05) is 82.1 Å². The SMILES string of the molecule is Nc1ncnc2c1c(-c1ccc(Oc3ccccc3)cc1)nn2C1CCN(C2CN(C3CCN(C4CCN(C5CNC5)CC4)CC3)C2)CC1. The Kier molecular flexibility index (Phi) is 8.71. The third kappa shape index (κ3) is 6.31. The average molecular weight is 663 g/mol. The number of fused-ring (bicyclic) bond motifs is 1. The number of nitrogens with zero attached hydrogens (tertiary/aromatic N) is 8. The minimum Gasteiger partial charge on any atom is -0.457 e. The van der Waals surface area contributed by atoms with Gasteiger partial charge in [-0.05, 0) is 88.0 Å². The van der Waals surface area contributed by atoms with Gasteiger partial charge >= 0.3 is 0 Å². The summed E-state index contributed by atoms with van der Waals surface area (Å²) in [5, 5.41) is 9.42. The maximum absolute atomic E-state index is 6.45. The van der Waals surface area contributed by atoms with Crippen molar-refractivity contribution in [3.63, 3.8) is 0 Å². The van der Waals surface area contributed by atoms with Gasteiger partial charge < -0.3 is 20.7 Å². The summed E-state index contributed by atoms with van der Waals surface area (Å²) in [6.07, 6.45) is 9.08. The molecule has 5 saturated heterocycles. The standard InChI is InChI=1S/C38H50N10O/c39-37-35-36(27-6-8-34(9-7-27)49-33-4-2-1-3-5-33)43-48(38(35)42-26-41-37)30-14-20-46(21-15-30)32-24-47(25-32)29-12-16-44(17-13-29)28-10-18-45(19-11-28)31-22-40-23-31/h1-9,26,28-32,40H,10-25H2,(H2,39,41,42). The van der Waals surface area contributed by atoms with Gasteiger partial charge in [-0.15, -0.1) is 0 Å². The summed E-state index contributed by atoms with van der Waals surface area (Å²) in [6.45, 7) is 12.2. The first-order valence-electron chi connectivity index (χ1n) is 18.7. The quantitative estimate of drug-likeness (QED) is 0.287. The number of hydrogen-bond acceptors (Lipinski definition) is 10. The summed E-state index contributed by atoms with van der Waals surface area (Å²) in [7, 11) is 0. The van der Waals surface area contributed by atoms with Gasteiger partial charge in [-0.25, -0.2) is 14.6 Å². The molecule has 5 aliphatic heterocycles. The smallest absolute Gasteiger partial charge is 0.164 e. The van der Waals surface area contributed by atoms with Crippen molar-refractivity contribution >= 4 is 16.9 Å². The zero-order chi connectivity index (χ0) is 32.7. The molecule has 258 valence electrons. The van der Waals surface area contributed by atoms with Crippen LogP contribution in [0.5, 0.6) is 11.5 Å². The number of hydrogen-bond donors (Lipinski definition) is 2. The molecule has 11 nitrogen and oxygen atoms in total. The molecule has 49 heavy (non-hydrogen) atoms. The molecule has 2 aromatic heterocycles. The number of aromatic nitrogens is 4. The number of ether oxygens (including phenoxy) is 1. The van der Waals surface area contributed by atoms with Crippen LogP contribution < -0.4 is 15.8 Å². The third-order valence-corrected chi connectivity index (χ3v) is 12.2. The molecule has 4 aromatic rings. The summed E-state index contributed by atoms with van der Waals surface area (Å²) in [6, 6.07) is 21.2. The first-order valence-corrected chi connectivity index (χ1v) is 18.7. The molecule has 0 radical (unpaired) electrons. The van der Waals surface area contributed by atoms with E-state index in [0.717, 1.165) is 77.8 Å². The lowest BCUT2D eigenvalue weighted by Gasteiger charge is -2.52. The van der Waals surface area contributed by atoms with E-state index in [-0.39, 0.29) is 0 Å². The van der Waals surface area contributed by atoms with Gasteiger partial charge in [-0.1, -0.05) is 18.2 Å². The normalized spacial score (nSPS) is 23.5. The fourth-order valence-corrected chi connectivity index (χ4v) is 9.03. The second-order valence-corrected chi connectivity index (χ2v) is 14.9. The number of likely N-dealkylation sites (tertiary alicyclic amines) is 4. The number of nitrogen functional groups attached to an aromatic ring is 1. The Morgan fingerprint density at radius 1 is 0.612 bits per heavy atom. The lowest BCUT2D eigenvalue weighted by atomic mass is 9.92. The van der Waals surface area contributed by atoms with Crippen LogP contribution >= 0.6 is 0 Å². The van der Waals surface area contributed by atoms with Crippen LogP contribution in [0.4, 0.5) is 5.82 Å². The van der Waals surface area contributed by atoms with E-state index in [4.69, 9.17) is 15.6 Å². The highest BCUT2D eigenvalue weighted by atomic mass is 16.5. The maximum atomic E-state index is 6.45. The average Bonchev–Trinajstić information content (AvgIpc) is 3.50. The van der Waals surface area contributed by atoms with Crippen molar-refractivity contribution in [2.24, 2.45) is 0 Å². The fourth-order valence-electron chi connectivity index (χ4n) is 9.03. The van der Waals surface area contributed by atoms with Crippen molar-refractivity contribution < 1.29 is 4.74 Å². The maximum Gasteiger partial charge on any atom is 0.164 e. The van der Waals surface area contributed by atoms with Gasteiger partial charge in [0.25, 0.3) is 0 Å². The van der Waals surface area contributed by atoms with Crippen LogP contribution in [-0.4, -0.2) is 129 Å². The van der Waals surface area contributed by atoms with Gasteiger partial charge in [-0.2, -0.15) is 5.10 Å². The monoisotopic (exact) mass is 662 g/mol. The lowest BCUT2D eigenvalue weighted by Crippen LogP contribution is -2.64. The summed E-state index contributed by atoms with van der Waals surface area (Å²) >= 11 is 0. The number of para-hydroxylation sites is 1. The van der Waals surface area contributed by atoms with E-state index < -0.39 is 0 Å². The minimum atomic E-state index is 0.292. The van der Waals surface area contributed by atoms with Crippen LogP contribution in [-0.2, 0) is 0 Å².